The minimum atomic E-state index is -0.0583. The highest BCUT2D eigenvalue weighted by atomic mass is 32.2. The van der Waals surface area contributed by atoms with Crippen LogP contribution in [0.4, 0.5) is 0 Å². The van der Waals surface area contributed by atoms with Crippen LogP contribution < -0.4 is 5.56 Å². The Morgan fingerprint density at radius 1 is 0.939 bits per heavy atom. The van der Waals surface area contributed by atoms with Crippen molar-refractivity contribution in [1.82, 2.24) is 29.1 Å². The van der Waals surface area contributed by atoms with Crippen LogP contribution in [0, 0.1) is 0 Å². The molecule has 0 atom stereocenters. The molecule has 0 radical (unpaired) electrons. The summed E-state index contributed by atoms with van der Waals surface area (Å²) in [4.78, 5) is 22.3. The van der Waals surface area contributed by atoms with Gasteiger partial charge in [0.1, 0.15) is 10.9 Å². The van der Waals surface area contributed by atoms with E-state index in [1.54, 1.807) is 22.6 Å². The smallest absolute Gasteiger partial charge is 0.262 e. The van der Waals surface area contributed by atoms with Crippen LogP contribution in [0.25, 0.3) is 39.2 Å². The number of aryl methyl sites for hydroxylation is 1. The van der Waals surface area contributed by atoms with Gasteiger partial charge in [0.2, 0.25) is 5.78 Å². The SMILES string of the molecule is CCn1c(=O)c2ccccc2n2c(CSc3nc(-c4ccco4)nc4ccccc34)nnc12. The first-order chi connectivity index (χ1) is 16.2. The van der Waals surface area contributed by atoms with Crippen LogP contribution in [0.2, 0.25) is 0 Å². The Bertz CT molecular complexity index is 1690. The lowest BCUT2D eigenvalue weighted by Crippen LogP contribution is -2.22. The predicted molar refractivity (Wildman–Crippen MR) is 127 cm³/mol. The molecular formula is C24H18N6O2S. The number of para-hydroxylation sites is 2. The molecule has 2 aromatic carbocycles. The van der Waals surface area contributed by atoms with Gasteiger partial charge in [0.25, 0.3) is 5.56 Å². The van der Waals surface area contributed by atoms with E-state index in [4.69, 9.17) is 9.40 Å². The van der Waals surface area contributed by atoms with E-state index in [0.717, 1.165) is 27.3 Å². The third kappa shape index (κ3) is 3.20. The van der Waals surface area contributed by atoms with Gasteiger partial charge in [0.15, 0.2) is 11.6 Å². The van der Waals surface area contributed by atoms with Crippen molar-refractivity contribution in [1.29, 1.82) is 0 Å². The van der Waals surface area contributed by atoms with E-state index >= 15 is 0 Å². The third-order valence-electron chi connectivity index (χ3n) is 5.54. The van der Waals surface area contributed by atoms with E-state index in [1.165, 1.54) is 0 Å². The molecule has 4 aromatic heterocycles. The molecule has 0 N–H and O–H groups in total. The van der Waals surface area contributed by atoms with E-state index in [2.05, 4.69) is 15.2 Å². The number of furan rings is 1. The van der Waals surface area contributed by atoms with Gasteiger partial charge in [0, 0.05) is 11.9 Å². The molecule has 0 fully saturated rings. The lowest BCUT2D eigenvalue weighted by Gasteiger charge is -2.10. The van der Waals surface area contributed by atoms with Gasteiger partial charge in [-0.2, -0.15) is 0 Å². The third-order valence-corrected chi connectivity index (χ3v) is 6.53. The second-order valence-corrected chi connectivity index (χ2v) is 8.42. The first kappa shape index (κ1) is 19.7. The fourth-order valence-electron chi connectivity index (χ4n) is 4.00. The summed E-state index contributed by atoms with van der Waals surface area (Å²) in [5.74, 6) is 2.97. The monoisotopic (exact) mass is 454 g/mol. The van der Waals surface area contributed by atoms with Gasteiger partial charge in [0.05, 0.1) is 28.4 Å². The molecule has 33 heavy (non-hydrogen) atoms. The average molecular weight is 455 g/mol. The fraction of sp³-hybridized carbons (Fsp3) is 0.125. The highest BCUT2D eigenvalue weighted by molar-refractivity contribution is 7.98. The molecule has 6 aromatic rings. The molecular weight excluding hydrogens is 436 g/mol. The number of hydrogen-bond donors (Lipinski definition) is 0. The maximum atomic E-state index is 12.9. The van der Waals surface area contributed by atoms with Gasteiger partial charge in [-0.1, -0.05) is 42.1 Å². The number of nitrogens with zero attached hydrogens (tertiary/aromatic N) is 6. The van der Waals surface area contributed by atoms with Crippen LogP contribution in [0.15, 0.2) is 81.2 Å². The molecule has 0 spiro atoms. The highest BCUT2D eigenvalue weighted by Gasteiger charge is 2.17. The van der Waals surface area contributed by atoms with Crippen molar-refractivity contribution >= 4 is 39.3 Å². The van der Waals surface area contributed by atoms with Crippen LogP contribution in [-0.2, 0) is 12.3 Å². The van der Waals surface area contributed by atoms with Crippen LogP contribution in [-0.4, -0.2) is 29.1 Å². The van der Waals surface area contributed by atoms with E-state index in [-0.39, 0.29) is 5.56 Å². The van der Waals surface area contributed by atoms with E-state index in [9.17, 15) is 4.79 Å². The molecule has 6 rings (SSSR count). The fourth-order valence-corrected chi connectivity index (χ4v) is 4.93. The average Bonchev–Trinajstić information content (AvgIpc) is 3.54. The number of thioether (sulfide) groups is 1. The van der Waals surface area contributed by atoms with Gasteiger partial charge in [-0.3, -0.25) is 13.8 Å². The number of hydrogen-bond acceptors (Lipinski definition) is 7. The van der Waals surface area contributed by atoms with Crippen molar-refractivity contribution in [2.75, 3.05) is 0 Å². The zero-order valence-corrected chi connectivity index (χ0v) is 18.5. The molecule has 0 amide bonds. The Labute approximate surface area is 191 Å². The normalized spacial score (nSPS) is 11.7. The van der Waals surface area contributed by atoms with Gasteiger partial charge in [-0.15, -0.1) is 10.2 Å². The Balaban J connectivity index is 1.47. The van der Waals surface area contributed by atoms with Crippen molar-refractivity contribution in [3.05, 3.63) is 83.1 Å². The van der Waals surface area contributed by atoms with Crippen LogP contribution >= 0.6 is 11.8 Å². The highest BCUT2D eigenvalue weighted by Crippen LogP contribution is 2.30. The largest absolute Gasteiger partial charge is 0.461 e. The standard InChI is InChI=1S/C24H18N6O2S/c1-2-29-23(31)16-9-4-6-11-18(16)30-20(27-28-24(29)30)14-33-22-15-8-3-5-10-17(15)25-21(26-22)19-12-7-13-32-19/h3-13H,2,14H2,1H3. The Hall–Kier alpha value is -3.98. The van der Waals surface area contributed by atoms with E-state index in [0.29, 0.717) is 35.0 Å². The summed E-state index contributed by atoms with van der Waals surface area (Å²) in [6.07, 6.45) is 1.61. The van der Waals surface area contributed by atoms with Crippen LogP contribution in [0.1, 0.15) is 12.7 Å². The summed E-state index contributed by atoms with van der Waals surface area (Å²) in [6, 6.07) is 19.1. The maximum Gasteiger partial charge on any atom is 0.262 e. The number of rotatable bonds is 5. The van der Waals surface area contributed by atoms with Crippen molar-refractivity contribution < 1.29 is 4.42 Å². The molecule has 0 aliphatic heterocycles. The number of benzene rings is 2. The Morgan fingerprint density at radius 2 is 1.76 bits per heavy atom. The molecule has 8 nitrogen and oxygen atoms in total. The topological polar surface area (TPSA) is 91.1 Å². The number of aromatic nitrogens is 6. The van der Waals surface area contributed by atoms with Crippen molar-refractivity contribution in [2.45, 2.75) is 24.2 Å². The molecule has 162 valence electrons. The minimum absolute atomic E-state index is 0.0583. The lowest BCUT2D eigenvalue weighted by atomic mass is 10.2. The van der Waals surface area contributed by atoms with E-state index in [1.807, 2.05) is 72.0 Å². The molecule has 0 aliphatic rings. The van der Waals surface area contributed by atoms with Crippen LogP contribution in [0.3, 0.4) is 0 Å². The minimum Gasteiger partial charge on any atom is -0.461 e. The quantitative estimate of drug-likeness (QED) is 0.279. The number of fused-ring (bicyclic) bond motifs is 4. The Morgan fingerprint density at radius 3 is 2.58 bits per heavy atom. The predicted octanol–water partition coefficient (Wildman–Crippen LogP) is 4.56. The molecule has 0 saturated carbocycles. The second-order valence-electron chi connectivity index (χ2n) is 7.45. The molecule has 0 bridgehead atoms. The maximum absolute atomic E-state index is 12.9. The molecule has 0 saturated heterocycles. The summed E-state index contributed by atoms with van der Waals surface area (Å²) < 4.78 is 9.14. The molecule has 9 heteroatoms. The Kier molecular flexibility index (Phi) is 4.69. The second kappa shape index (κ2) is 7.86. The summed E-state index contributed by atoms with van der Waals surface area (Å²) >= 11 is 1.56. The van der Waals surface area contributed by atoms with Crippen molar-refractivity contribution in [3.63, 3.8) is 0 Å². The zero-order chi connectivity index (χ0) is 22.4. The van der Waals surface area contributed by atoms with Crippen molar-refractivity contribution in [2.24, 2.45) is 0 Å². The lowest BCUT2D eigenvalue weighted by molar-refractivity contribution is 0.577. The molecule has 0 aliphatic carbocycles. The van der Waals surface area contributed by atoms with E-state index < -0.39 is 0 Å². The van der Waals surface area contributed by atoms with Crippen LogP contribution in [0.5, 0.6) is 0 Å². The van der Waals surface area contributed by atoms with Gasteiger partial charge in [-0.05, 0) is 37.3 Å². The zero-order valence-electron chi connectivity index (χ0n) is 17.7. The van der Waals surface area contributed by atoms with Gasteiger partial charge >= 0.3 is 0 Å². The summed E-state index contributed by atoms with van der Waals surface area (Å²) in [7, 11) is 0. The first-order valence-corrected chi connectivity index (χ1v) is 11.5. The summed E-state index contributed by atoms with van der Waals surface area (Å²) in [5, 5.41) is 11.2. The van der Waals surface area contributed by atoms with Crippen molar-refractivity contribution in [3.8, 4) is 11.6 Å². The summed E-state index contributed by atoms with van der Waals surface area (Å²) in [6.45, 7) is 2.45. The van der Waals surface area contributed by atoms with Gasteiger partial charge in [-0.25, -0.2) is 9.97 Å². The molecule has 4 heterocycles. The van der Waals surface area contributed by atoms with Gasteiger partial charge < -0.3 is 4.42 Å². The first-order valence-electron chi connectivity index (χ1n) is 10.5. The summed E-state index contributed by atoms with van der Waals surface area (Å²) in [5.41, 5.74) is 1.58. The molecule has 0 unspecified atom stereocenters.